The molecule has 0 aliphatic heterocycles. The summed E-state index contributed by atoms with van der Waals surface area (Å²) in [7, 11) is 0. The van der Waals surface area contributed by atoms with Gasteiger partial charge in [-0.2, -0.15) is 0 Å². The van der Waals surface area contributed by atoms with Gasteiger partial charge < -0.3 is 15.5 Å². The lowest BCUT2D eigenvalue weighted by molar-refractivity contribution is -0.119. The Morgan fingerprint density at radius 2 is 1.73 bits per heavy atom. The first-order valence-corrected chi connectivity index (χ1v) is 8.94. The number of nitrogens with one attached hydrogen (secondary N) is 2. The molecular weight excluding hydrogens is 349 g/mol. The van der Waals surface area contributed by atoms with Crippen molar-refractivity contribution in [3.63, 3.8) is 0 Å². The second-order valence-electron chi connectivity index (χ2n) is 6.21. The molecule has 0 spiro atoms. The van der Waals surface area contributed by atoms with E-state index in [0.717, 1.165) is 11.3 Å². The molecule has 2 N–H and O–H groups in total. The van der Waals surface area contributed by atoms with E-state index in [2.05, 4.69) is 10.6 Å². The van der Waals surface area contributed by atoms with Crippen molar-refractivity contribution in [1.82, 2.24) is 4.90 Å². The van der Waals surface area contributed by atoms with Gasteiger partial charge in [0.25, 0.3) is 0 Å². The van der Waals surface area contributed by atoms with Crippen molar-refractivity contribution in [3.05, 3.63) is 59.4 Å². The molecule has 1 amide bonds. The van der Waals surface area contributed by atoms with E-state index in [-0.39, 0.29) is 11.7 Å². The van der Waals surface area contributed by atoms with Crippen LogP contribution in [0.25, 0.3) is 0 Å². The predicted molar refractivity (Wildman–Crippen MR) is 109 cm³/mol. The number of amides is 1. The summed E-state index contributed by atoms with van der Waals surface area (Å²) in [6.45, 7) is 7.94. The quantitative estimate of drug-likeness (QED) is 0.758. The SMILES string of the molecule is CCN(C(=S)Nc1ccc(C)c(F)c1)[C@H](C)C(=O)Nc1ccc(C)cc1. The maximum absolute atomic E-state index is 13.7. The lowest BCUT2D eigenvalue weighted by atomic mass is 10.2. The number of benzene rings is 2. The third-order valence-corrected chi connectivity index (χ3v) is 4.53. The van der Waals surface area contributed by atoms with Crippen molar-refractivity contribution < 1.29 is 9.18 Å². The minimum Gasteiger partial charge on any atom is -0.338 e. The molecule has 0 radical (unpaired) electrons. The highest BCUT2D eigenvalue weighted by molar-refractivity contribution is 7.80. The molecule has 0 unspecified atom stereocenters. The molecule has 0 aromatic heterocycles. The molecule has 0 aliphatic rings. The van der Waals surface area contributed by atoms with Crippen molar-refractivity contribution in [2.24, 2.45) is 0 Å². The summed E-state index contributed by atoms with van der Waals surface area (Å²) < 4.78 is 13.7. The Labute approximate surface area is 159 Å². The monoisotopic (exact) mass is 373 g/mol. The van der Waals surface area contributed by atoms with Gasteiger partial charge in [-0.1, -0.05) is 23.8 Å². The van der Waals surface area contributed by atoms with Crippen LogP contribution >= 0.6 is 12.2 Å². The number of hydrogen-bond donors (Lipinski definition) is 2. The fourth-order valence-corrected chi connectivity index (χ4v) is 2.89. The average Bonchev–Trinajstić information content (AvgIpc) is 2.60. The molecule has 4 nitrogen and oxygen atoms in total. The first kappa shape index (κ1) is 19.8. The topological polar surface area (TPSA) is 44.4 Å². The van der Waals surface area contributed by atoms with Gasteiger partial charge in [0.2, 0.25) is 5.91 Å². The summed E-state index contributed by atoms with van der Waals surface area (Å²) in [5.41, 5.74) is 2.99. The van der Waals surface area contributed by atoms with Gasteiger partial charge in [0.15, 0.2) is 5.11 Å². The van der Waals surface area contributed by atoms with Crippen LogP contribution in [0, 0.1) is 19.7 Å². The normalized spacial score (nSPS) is 11.6. The summed E-state index contributed by atoms with van der Waals surface area (Å²) in [5, 5.41) is 6.27. The van der Waals surface area contributed by atoms with Crippen LogP contribution in [0.5, 0.6) is 0 Å². The van der Waals surface area contributed by atoms with E-state index < -0.39 is 6.04 Å². The number of anilines is 2. The van der Waals surface area contributed by atoms with Gasteiger partial charge in [0.05, 0.1) is 0 Å². The van der Waals surface area contributed by atoms with Crippen LogP contribution < -0.4 is 10.6 Å². The molecule has 2 rings (SSSR count). The van der Waals surface area contributed by atoms with E-state index in [0.29, 0.717) is 22.9 Å². The molecule has 2 aromatic carbocycles. The Hall–Kier alpha value is -2.47. The highest BCUT2D eigenvalue weighted by Gasteiger charge is 2.22. The minimum absolute atomic E-state index is 0.157. The zero-order valence-corrected chi connectivity index (χ0v) is 16.3. The molecule has 0 saturated heterocycles. The molecule has 0 bridgehead atoms. The number of carbonyl (C=O) groups excluding carboxylic acids is 1. The number of hydrogen-bond acceptors (Lipinski definition) is 2. The van der Waals surface area contributed by atoms with Crippen molar-refractivity contribution >= 4 is 34.6 Å². The van der Waals surface area contributed by atoms with Crippen molar-refractivity contribution in [2.45, 2.75) is 33.7 Å². The van der Waals surface area contributed by atoms with Gasteiger partial charge in [-0.25, -0.2) is 4.39 Å². The molecular formula is C20H24FN3OS. The molecule has 0 fully saturated rings. The standard InChI is InChI=1S/C20H24FN3OS/c1-5-24(20(26)23-17-11-8-14(3)18(21)12-17)15(4)19(25)22-16-9-6-13(2)7-10-16/h6-12,15H,5H2,1-4H3,(H,22,25)(H,23,26)/t15-/m1/s1. The Morgan fingerprint density at radius 1 is 1.12 bits per heavy atom. The molecule has 26 heavy (non-hydrogen) atoms. The third-order valence-electron chi connectivity index (χ3n) is 4.19. The zero-order chi connectivity index (χ0) is 19.3. The van der Waals surface area contributed by atoms with Gasteiger partial charge in [0, 0.05) is 17.9 Å². The van der Waals surface area contributed by atoms with Crippen LogP contribution in [-0.4, -0.2) is 28.5 Å². The minimum atomic E-state index is -0.475. The van der Waals surface area contributed by atoms with E-state index in [1.54, 1.807) is 30.9 Å². The Morgan fingerprint density at radius 3 is 2.31 bits per heavy atom. The summed E-state index contributed by atoms with van der Waals surface area (Å²) >= 11 is 5.42. The Bertz CT molecular complexity index is 792. The molecule has 2 aromatic rings. The number of aryl methyl sites for hydroxylation is 2. The molecule has 0 heterocycles. The van der Waals surface area contributed by atoms with Crippen LogP contribution in [0.2, 0.25) is 0 Å². The molecule has 6 heteroatoms. The fraction of sp³-hybridized carbons (Fsp3) is 0.300. The summed E-state index contributed by atoms with van der Waals surface area (Å²) in [6.07, 6.45) is 0. The molecule has 0 aliphatic carbocycles. The van der Waals surface area contributed by atoms with E-state index in [9.17, 15) is 9.18 Å². The summed E-state index contributed by atoms with van der Waals surface area (Å²) in [5.74, 6) is -0.457. The van der Waals surface area contributed by atoms with Crippen LogP contribution in [0.4, 0.5) is 15.8 Å². The van der Waals surface area contributed by atoms with Gasteiger partial charge in [0.1, 0.15) is 11.9 Å². The summed E-state index contributed by atoms with van der Waals surface area (Å²) in [4.78, 5) is 14.3. The third kappa shape index (κ3) is 5.02. The molecule has 0 saturated carbocycles. The van der Waals surface area contributed by atoms with Gasteiger partial charge in [-0.05, 0) is 69.7 Å². The summed E-state index contributed by atoms with van der Waals surface area (Å²) in [6, 6.07) is 12.0. The van der Waals surface area contributed by atoms with E-state index in [1.165, 1.54) is 6.07 Å². The van der Waals surface area contributed by atoms with Gasteiger partial charge in [-0.3, -0.25) is 4.79 Å². The molecule has 1 atom stereocenters. The van der Waals surface area contributed by atoms with E-state index in [4.69, 9.17) is 12.2 Å². The number of carbonyl (C=O) groups is 1. The Balaban J connectivity index is 2.04. The van der Waals surface area contributed by atoms with E-state index in [1.807, 2.05) is 38.1 Å². The smallest absolute Gasteiger partial charge is 0.246 e. The maximum atomic E-state index is 13.7. The lowest BCUT2D eigenvalue weighted by Gasteiger charge is -2.30. The number of halogens is 1. The highest BCUT2D eigenvalue weighted by atomic mass is 32.1. The Kier molecular flexibility index (Phi) is 6.69. The van der Waals surface area contributed by atoms with Crippen molar-refractivity contribution in [3.8, 4) is 0 Å². The van der Waals surface area contributed by atoms with Gasteiger partial charge >= 0.3 is 0 Å². The number of nitrogens with zero attached hydrogens (tertiary/aromatic N) is 1. The van der Waals surface area contributed by atoms with Crippen LogP contribution in [-0.2, 0) is 4.79 Å². The largest absolute Gasteiger partial charge is 0.338 e. The first-order valence-electron chi connectivity index (χ1n) is 8.53. The number of rotatable bonds is 5. The van der Waals surface area contributed by atoms with Crippen molar-refractivity contribution in [2.75, 3.05) is 17.2 Å². The molecule has 138 valence electrons. The van der Waals surface area contributed by atoms with Crippen LogP contribution in [0.3, 0.4) is 0 Å². The van der Waals surface area contributed by atoms with Crippen LogP contribution in [0.15, 0.2) is 42.5 Å². The lowest BCUT2D eigenvalue weighted by Crippen LogP contribution is -2.47. The van der Waals surface area contributed by atoms with Crippen LogP contribution in [0.1, 0.15) is 25.0 Å². The van der Waals surface area contributed by atoms with Crippen molar-refractivity contribution in [1.29, 1.82) is 0 Å². The number of likely N-dealkylation sites (N-methyl/N-ethyl adjacent to an activating group) is 1. The number of thiocarbonyl (C=S) groups is 1. The van der Waals surface area contributed by atoms with Gasteiger partial charge in [-0.15, -0.1) is 0 Å². The van der Waals surface area contributed by atoms with E-state index >= 15 is 0 Å². The highest BCUT2D eigenvalue weighted by Crippen LogP contribution is 2.16. The fourth-order valence-electron chi connectivity index (χ4n) is 2.48. The zero-order valence-electron chi connectivity index (χ0n) is 15.5. The average molecular weight is 373 g/mol. The second-order valence-corrected chi connectivity index (χ2v) is 6.60. The first-order chi connectivity index (χ1) is 12.3. The predicted octanol–water partition coefficient (Wildman–Crippen LogP) is 4.49. The maximum Gasteiger partial charge on any atom is 0.246 e. The second kappa shape index (κ2) is 8.76.